The highest BCUT2D eigenvalue weighted by Gasteiger charge is 2.38. The fourth-order valence-corrected chi connectivity index (χ4v) is 0.830. The molecule has 1 aromatic heterocycles. The molecule has 0 unspecified atom stereocenters. The summed E-state index contributed by atoms with van der Waals surface area (Å²) in [5.74, 6) is -0.329. The van der Waals surface area contributed by atoms with Gasteiger partial charge in [0.1, 0.15) is 5.82 Å². The van der Waals surface area contributed by atoms with E-state index in [1.165, 1.54) is 0 Å². The van der Waals surface area contributed by atoms with Crippen LogP contribution in [0.3, 0.4) is 0 Å². The number of hydrogen-bond donors (Lipinski definition) is 1. The zero-order chi connectivity index (χ0) is 10.9. The zero-order valence-corrected chi connectivity index (χ0v) is 6.58. The summed E-state index contributed by atoms with van der Waals surface area (Å²) < 4.78 is 36.5. The van der Waals surface area contributed by atoms with E-state index in [1.807, 2.05) is 0 Å². The molecule has 1 rings (SSSR count). The minimum Gasteiger partial charge on any atom is -0.383 e. The molecule has 0 atom stereocenters. The Bertz CT molecular complexity index is 377. The van der Waals surface area contributed by atoms with Crippen LogP contribution in [-0.2, 0) is 6.18 Å². The molecular formula is C6H4F3N3O2. The molecule has 0 bridgehead atoms. The van der Waals surface area contributed by atoms with E-state index in [4.69, 9.17) is 5.73 Å². The number of aromatic nitrogens is 1. The first-order valence-corrected chi connectivity index (χ1v) is 3.29. The molecule has 1 aromatic rings. The average molecular weight is 207 g/mol. The Hall–Kier alpha value is -1.86. The summed E-state index contributed by atoms with van der Waals surface area (Å²) in [6.07, 6.45) is -4.46. The first-order chi connectivity index (χ1) is 6.32. The van der Waals surface area contributed by atoms with Gasteiger partial charge in [0.2, 0.25) is 0 Å². The molecule has 0 saturated heterocycles. The van der Waals surface area contributed by atoms with Crippen molar-refractivity contribution in [1.29, 1.82) is 0 Å². The van der Waals surface area contributed by atoms with E-state index < -0.39 is 22.4 Å². The van der Waals surface area contributed by atoms with Crippen LogP contribution in [0, 0.1) is 10.1 Å². The topological polar surface area (TPSA) is 82.0 Å². The van der Waals surface area contributed by atoms with Crippen molar-refractivity contribution in [2.24, 2.45) is 0 Å². The summed E-state index contributed by atoms with van der Waals surface area (Å²) in [6.45, 7) is 0. The lowest BCUT2D eigenvalue weighted by Crippen LogP contribution is -2.10. The lowest BCUT2D eigenvalue weighted by Gasteiger charge is -2.06. The highest BCUT2D eigenvalue weighted by molar-refractivity contribution is 5.48. The number of nitrogen functional groups attached to an aromatic ring is 1. The number of hydrogen-bond acceptors (Lipinski definition) is 4. The van der Waals surface area contributed by atoms with Gasteiger partial charge in [-0.2, -0.15) is 13.2 Å². The van der Waals surface area contributed by atoms with E-state index >= 15 is 0 Å². The van der Waals surface area contributed by atoms with Gasteiger partial charge in [0, 0.05) is 6.20 Å². The first kappa shape index (κ1) is 10.2. The number of nitrogens with zero attached hydrogens (tertiary/aromatic N) is 2. The molecule has 0 aliphatic rings. The molecular weight excluding hydrogens is 203 g/mol. The molecule has 0 aliphatic carbocycles. The predicted octanol–water partition coefficient (Wildman–Crippen LogP) is 1.59. The first-order valence-electron chi connectivity index (χ1n) is 3.29. The van der Waals surface area contributed by atoms with Crippen LogP contribution >= 0.6 is 0 Å². The summed E-state index contributed by atoms with van der Waals surface area (Å²) >= 11 is 0. The van der Waals surface area contributed by atoms with Gasteiger partial charge in [-0.3, -0.25) is 10.1 Å². The Morgan fingerprint density at radius 3 is 2.50 bits per heavy atom. The largest absolute Gasteiger partial charge is 0.424 e. The molecule has 1 heterocycles. The average Bonchev–Trinajstić information content (AvgIpc) is 2.01. The fraction of sp³-hybridized carbons (Fsp3) is 0.167. The van der Waals surface area contributed by atoms with Crippen LogP contribution < -0.4 is 5.73 Å². The lowest BCUT2D eigenvalue weighted by atomic mass is 10.2. The monoisotopic (exact) mass is 207 g/mol. The van der Waals surface area contributed by atoms with Crippen LogP contribution in [-0.4, -0.2) is 9.91 Å². The molecule has 2 N–H and O–H groups in total. The SMILES string of the molecule is Nc1cc([N+](=O)[O-])c(C(F)(F)F)cn1. The molecule has 14 heavy (non-hydrogen) atoms. The molecule has 0 spiro atoms. The third-order valence-corrected chi connectivity index (χ3v) is 1.41. The molecule has 0 aromatic carbocycles. The number of nitro groups is 1. The highest BCUT2D eigenvalue weighted by atomic mass is 19.4. The number of rotatable bonds is 1. The third kappa shape index (κ3) is 1.90. The van der Waals surface area contributed by atoms with Crippen LogP contribution in [0.5, 0.6) is 0 Å². The Morgan fingerprint density at radius 1 is 1.50 bits per heavy atom. The molecule has 8 heteroatoms. The molecule has 76 valence electrons. The minimum atomic E-state index is -4.80. The van der Waals surface area contributed by atoms with Gasteiger partial charge in [-0.05, 0) is 0 Å². The Balaban J connectivity index is 3.37. The van der Waals surface area contributed by atoms with Crippen molar-refractivity contribution >= 4 is 11.5 Å². The Morgan fingerprint density at radius 2 is 2.07 bits per heavy atom. The summed E-state index contributed by atoms with van der Waals surface area (Å²) in [5, 5.41) is 10.2. The van der Waals surface area contributed by atoms with Crippen molar-refractivity contribution < 1.29 is 18.1 Å². The van der Waals surface area contributed by atoms with Crippen molar-refractivity contribution in [2.45, 2.75) is 6.18 Å². The standard InChI is InChI=1S/C6H4F3N3O2/c7-6(8,9)3-2-11-5(10)1-4(3)12(13)14/h1-2H,(H2,10,11). The van der Waals surface area contributed by atoms with Gasteiger partial charge in [-0.15, -0.1) is 0 Å². The van der Waals surface area contributed by atoms with Crippen molar-refractivity contribution in [2.75, 3.05) is 5.73 Å². The minimum absolute atomic E-state index is 0.329. The number of halogens is 3. The normalized spacial score (nSPS) is 11.4. The molecule has 5 nitrogen and oxygen atoms in total. The van der Waals surface area contributed by atoms with Gasteiger partial charge < -0.3 is 5.73 Å². The van der Waals surface area contributed by atoms with Gasteiger partial charge in [0.15, 0.2) is 5.56 Å². The van der Waals surface area contributed by atoms with Gasteiger partial charge in [-0.25, -0.2) is 4.98 Å². The van der Waals surface area contributed by atoms with Crippen LogP contribution in [0.1, 0.15) is 5.56 Å². The van der Waals surface area contributed by atoms with Crippen molar-refractivity contribution in [3.8, 4) is 0 Å². The number of nitrogens with two attached hydrogens (primary N) is 1. The van der Waals surface area contributed by atoms with Gasteiger partial charge in [-0.1, -0.05) is 0 Å². The maximum atomic E-state index is 12.2. The summed E-state index contributed by atoms with van der Waals surface area (Å²) in [7, 11) is 0. The quantitative estimate of drug-likeness (QED) is 0.559. The van der Waals surface area contributed by atoms with Crippen molar-refractivity contribution in [3.05, 3.63) is 27.9 Å². The van der Waals surface area contributed by atoms with E-state index in [0.717, 1.165) is 0 Å². The molecule has 0 radical (unpaired) electrons. The molecule has 0 saturated carbocycles. The second kappa shape index (κ2) is 3.13. The van der Waals surface area contributed by atoms with E-state index in [0.29, 0.717) is 12.3 Å². The number of pyridine rings is 1. The van der Waals surface area contributed by atoms with E-state index in [9.17, 15) is 23.3 Å². The molecule has 0 fully saturated rings. The van der Waals surface area contributed by atoms with Crippen LogP contribution in [0.15, 0.2) is 12.3 Å². The predicted molar refractivity (Wildman–Crippen MR) is 40.3 cm³/mol. The smallest absolute Gasteiger partial charge is 0.383 e. The maximum absolute atomic E-state index is 12.2. The van der Waals surface area contributed by atoms with Gasteiger partial charge >= 0.3 is 6.18 Å². The van der Waals surface area contributed by atoms with Crippen molar-refractivity contribution in [1.82, 2.24) is 4.98 Å². The zero-order valence-electron chi connectivity index (χ0n) is 6.58. The van der Waals surface area contributed by atoms with Crippen LogP contribution in [0.4, 0.5) is 24.7 Å². The van der Waals surface area contributed by atoms with E-state index in [-0.39, 0.29) is 5.82 Å². The van der Waals surface area contributed by atoms with Crippen LogP contribution in [0.2, 0.25) is 0 Å². The fourth-order valence-electron chi connectivity index (χ4n) is 0.830. The van der Waals surface area contributed by atoms with Crippen molar-refractivity contribution in [3.63, 3.8) is 0 Å². The van der Waals surface area contributed by atoms with E-state index in [1.54, 1.807) is 0 Å². The summed E-state index contributed by atoms with van der Waals surface area (Å²) in [6, 6.07) is 0.572. The summed E-state index contributed by atoms with van der Waals surface area (Å²) in [4.78, 5) is 12.2. The highest BCUT2D eigenvalue weighted by Crippen LogP contribution is 2.35. The second-order valence-electron chi connectivity index (χ2n) is 2.38. The summed E-state index contributed by atoms with van der Waals surface area (Å²) in [5.41, 5.74) is 2.53. The molecule has 0 amide bonds. The third-order valence-electron chi connectivity index (χ3n) is 1.41. The van der Waals surface area contributed by atoms with E-state index in [2.05, 4.69) is 4.98 Å². The Kier molecular flexibility index (Phi) is 2.28. The number of alkyl halides is 3. The van der Waals surface area contributed by atoms with Gasteiger partial charge in [0.05, 0.1) is 11.0 Å². The van der Waals surface area contributed by atoms with Crippen LogP contribution in [0.25, 0.3) is 0 Å². The second-order valence-corrected chi connectivity index (χ2v) is 2.38. The maximum Gasteiger partial charge on any atom is 0.424 e. The van der Waals surface area contributed by atoms with Gasteiger partial charge in [0.25, 0.3) is 5.69 Å². The lowest BCUT2D eigenvalue weighted by molar-refractivity contribution is -0.388. The number of anilines is 1. The Labute approximate surface area is 75.5 Å². The molecule has 0 aliphatic heterocycles.